The monoisotopic (exact) mass is 468 g/mol. The van der Waals surface area contributed by atoms with E-state index in [9.17, 15) is 14.4 Å². The van der Waals surface area contributed by atoms with Gasteiger partial charge in [-0.15, -0.1) is 0 Å². The molecule has 1 heterocycles. The van der Waals surface area contributed by atoms with E-state index in [4.69, 9.17) is 9.94 Å². The molecular weight excluding hydrogens is 436 g/mol. The minimum absolute atomic E-state index is 0.312. The molecule has 0 saturated carbocycles. The van der Waals surface area contributed by atoms with Crippen LogP contribution in [0, 0.1) is 0 Å². The van der Waals surface area contributed by atoms with E-state index in [1.807, 2.05) is 12.1 Å². The van der Waals surface area contributed by atoms with Crippen molar-refractivity contribution in [3.63, 3.8) is 0 Å². The van der Waals surface area contributed by atoms with Crippen LogP contribution in [-0.4, -0.2) is 78.7 Å². The molecule has 1 saturated heterocycles. The Bertz CT molecular complexity index is 983. The van der Waals surface area contributed by atoms with E-state index in [2.05, 4.69) is 34.5 Å². The first kappa shape index (κ1) is 25.4. The number of amides is 3. The van der Waals surface area contributed by atoms with Gasteiger partial charge in [0.1, 0.15) is 0 Å². The fourth-order valence-electron chi connectivity index (χ4n) is 3.98. The summed E-state index contributed by atoms with van der Waals surface area (Å²) in [6.07, 6.45) is 1.05. The minimum atomic E-state index is -1.92. The fourth-order valence-corrected chi connectivity index (χ4v) is 3.98. The highest BCUT2D eigenvalue weighted by Gasteiger charge is 2.47. The molecule has 9 heteroatoms. The van der Waals surface area contributed by atoms with Crippen LogP contribution in [0.25, 0.3) is 11.1 Å². The number of nitrogens with one attached hydrogen (secondary N) is 2. The predicted molar refractivity (Wildman–Crippen MR) is 127 cm³/mol. The number of rotatable bonds is 7. The number of nitrogens with zero attached hydrogens (tertiary/aromatic N) is 2. The first-order chi connectivity index (χ1) is 16.3. The number of ether oxygens (including phenoxy) is 1. The highest BCUT2D eigenvalue weighted by atomic mass is 16.5. The summed E-state index contributed by atoms with van der Waals surface area (Å²) in [4.78, 5) is 40.9. The standard InChI is InChI=1S/C25H32N4O5/c1-25(23(31)26-2,24(32)27-33)28(3)22(30)21-11-9-20(10-12-21)19-7-5-18(6-8-19)17-29-13-4-15-34-16-14-29/h5-12,33H,4,13-17H2,1-3H3,(H,26,31)(H,27,32)/t25-/m0/s1. The van der Waals surface area contributed by atoms with Crippen LogP contribution in [0.1, 0.15) is 29.3 Å². The maximum Gasteiger partial charge on any atom is 0.278 e. The number of hydroxylamine groups is 1. The van der Waals surface area contributed by atoms with Crippen molar-refractivity contribution in [2.45, 2.75) is 25.4 Å². The largest absolute Gasteiger partial charge is 0.380 e. The van der Waals surface area contributed by atoms with Gasteiger partial charge in [0, 0.05) is 45.9 Å². The lowest BCUT2D eigenvalue weighted by molar-refractivity contribution is -0.148. The van der Waals surface area contributed by atoms with Gasteiger partial charge in [-0.2, -0.15) is 0 Å². The van der Waals surface area contributed by atoms with Crippen LogP contribution >= 0.6 is 0 Å². The molecule has 1 fully saturated rings. The van der Waals surface area contributed by atoms with Gasteiger partial charge in [0.2, 0.25) is 0 Å². The van der Waals surface area contributed by atoms with Gasteiger partial charge in [-0.05, 0) is 42.2 Å². The van der Waals surface area contributed by atoms with Crippen LogP contribution in [0.3, 0.4) is 0 Å². The Morgan fingerprint density at radius 3 is 2.21 bits per heavy atom. The van der Waals surface area contributed by atoms with Gasteiger partial charge in [0.05, 0.1) is 6.61 Å². The Kier molecular flexibility index (Phi) is 8.38. The first-order valence-corrected chi connectivity index (χ1v) is 11.3. The molecule has 9 nitrogen and oxygen atoms in total. The summed E-state index contributed by atoms with van der Waals surface area (Å²) in [7, 11) is 2.70. The van der Waals surface area contributed by atoms with Crippen molar-refractivity contribution in [1.82, 2.24) is 20.6 Å². The second-order valence-corrected chi connectivity index (χ2v) is 8.47. The Morgan fingerprint density at radius 1 is 1.00 bits per heavy atom. The van der Waals surface area contributed by atoms with Gasteiger partial charge in [0.15, 0.2) is 5.54 Å². The summed E-state index contributed by atoms with van der Waals surface area (Å²) >= 11 is 0. The van der Waals surface area contributed by atoms with E-state index in [0.717, 1.165) is 55.3 Å². The van der Waals surface area contributed by atoms with Gasteiger partial charge in [0.25, 0.3) is 17.7 Å². The van der Waals surface area contributed by atoms with Crippen LogP contribution in [0.5, 0.6) is 0 Å². The van der Waals surface area contributed by atoms with Crippen molar-refractivity contribution >= 4 is 17.7 Å². The van der Waals surface area contributed by atoms with Crippen molar-refractivity contribution in [3.05, 3.63) is 59.7 Å². The molecule has 3 N–H and O–H groups in total. The van der Waals surface area contributed by atoms with Crippen molar-refractivity contribution in [2.24, 2.45) is 0 Å². The maximum atomic E-state index is 13.0. The van der Waals surface area contributed by atoms with E-state index in [1.165, 1.54) is 32.1 Å². The Balaban J connectivity index is 1.72. The van der Waals surface area contributed by atoms with Crippen LogP contribution < -0.4 is 10.8 Å². The van der Waals surface area contributed by atoms with E-state index in [-0.39, 0.29) is 0 Å². The molecule has 2 aromatic rings. The summed E-state index contributed by atoms with van der Waals surface area (Å²) in [5.41, 5.74) is 3.05. The summed E-state index contributed by atoms with van der Waals surface area (Å²) in [6.45, 7) is 5.71. The SMILES string of the molecule is CNC(=O)[C@@](C)(C(=O)NO)N(C)C(=O)c1ccc(-c2ccc(CN3CCCOCC3)cc2)cc1. The molecule has 0 aliphatic carbocycles. The second kappa shape index (κ2) is 11.2. The lowest BCUT2D eigenvalue weighted by atomic mass is 9.96. The molecule has 182 valence electrons. The molecular formula is C25H32N4O5. The van der Waals surface area contributed by atoms with Crippen LogP contribution in [-0.2, 0) is 20.9 Å². The van der Waals surface area contributed by atoms with E-state index < -0.39 is 23.3 Å². The zero-order chi connectivity index (χ0) is 24.7. The summed E-state index contributed by atoms with van der Waals surface area (Å²) in [5, 5.41) is 11.4. The number of likely N-dealkylation sites (N-methyl/N-ethyl adjacent to an activating group) is 2. The van der Waals surface area contributed by atoms with Gasteiger partial charge < -0.3 is 15.0 Å². The normalized spacial score (nSPS) is 16.1. The van der Waals surface area contributed by atoms with Crippen molar-refractivity contribution in [1.29, 1.82) is 0 Å². The first-order valence-electron chi connectivity index (χ1n) is 11.3. The number of benzene rings is 2. The lowest BCUT2D eigenvalue weighted by Gasteiger charge is -2.34. The summed E-state index contributed by atoms with van der Waals surface area (Å²) in [5.74, 6) is -2.26. The fraction of sp³-hybridized carbons (Fsp3) is 0.400. The highest BCUT2D eigenvalue weighted by Crippen LogP contribution is 2.23. The number of hydrogen-bond donors (Lipinski definition) is 3. The predicted octanol–water partition coefficient (Wildman–Crippen LogP) is 1.66. The third-order valence-corrected chi connectivity index (χ3v) is 6.33. The second-order valence-electron chi connectivity index (χ2n) is 8.47. The molecule has 34 heavy (non-hydrogen) atoms. The number of hydrogen-bond acceptors (Lipinski definition) is 6. The quantitative estimate of drug-likeness (QED) is 0.324. The molecule has 1 atom stereocenters. The number of carbonyl (C=O) groups is 3. The Hall–Kier alpha value is -3.27. The molecule has 0 aromatic heterocycles. The Labute approximate surface area is 199 Å². The van der Waals surface area contributed by atoms with Gasteiger partial charge >= 0.3 is 0 Å². The molecule has 3 amide bonds. The van der Waals surface area contributed by atoms with Gasteiger partial charge in [-0.25, -0.2) is 5.48 Å². The average molecular weight is 469 g/mol. The maximum absolute atomic E-state index is 13.0. The topological polar surface area (TPSA) is 111 Å². The van der Waals surface area contributed by atoms with Gasteiger partial charge in [-0.3, -0.25) is 24.5 Å². The van der Waals surface area contributed by atoms with E-state index >= 15 is 0 Å². The lowest BCUT2D eigenvalue weighted by Crippen LogP contribution is -2.64. The van der Waals surface area contributed by atoms with E-state index in [0.29, 0.717) is 5.56 Å². The molecule has 3 rings (SSSR count). The van der Waals surface area contributed by atoms with Crippen LogP contribution in [0.4, 0.5) is 0 Å². The van der Waals surface area contributed by atoms with Gasteiger partial charge in [-0.1, -0.05) is 36.4 Å². The minimum Gasteiger partial charge on any atom is -0.380 e. The van der Waals surface area contributed by atoms with E-state index in [1.54, 1.807) is 12.1 Å². The highest BCUT2D eigenvalue weighted by molar-refractivity contribution is 6.12. The van der Waals surface area contributed by atoms with Crippen molar-refractivity contribution in [3.8, 4) is 11.1 Å². The average Bonchev–Trinajstić information content (AvgIpc) is 3.15. The molecule has 0 unspecified atom stereocenters. The zero-order valence-electron chi connectivity index (χ0n) is 19.8. The van der Waals surface area contributed by atoms with Crippen LogP contribution in [0.2, 0.25) is 0 Å². The third kappa shape index (κ3) is 5.44. The molecule has 2 aromatic carbocycles. The molecule has 0 radical (unpaired) electrons. The summed E-state index contributed by atoms with van der Waals surface area (Å²) in [6, 6.07) is 15.3. The molecule has 0 spiro atoms. The summed E-state index contributed by atoms with van der Waals surface area (Å²) < 4.78 is 5.51. The van der Waals surface area contributed by atoms with Crippen molar-refractivity contribution in [2.75, 3.05) is 40.4 Å². The number of carbonyl (C=O) groups excluding carboxylic acids is 3. The zero-order valence-corrected chi connectivity index (χ0v) is 19.8. The van der Waals surface area contributed by atoms with Crippen LogP contribution in [0.15, 0.2) is 48.5 Å². The van der Waals surface area contributed by atoms with Crippen molar-refractivity contribution < 1.29 is 24.3 Å². The molecule has 1 aliphatic rings. The smallest absolute Gasteiger partial charge is 0.278 e. The molecule has 0 bridgehead atoms. The third-order valence-electron chi connectivity index (χ3n) is 6.33. The Morgan fingerprint density at radius 2 is 1.62 bits per heavy atom. The molecule has 1 aliphatic heterocycles.